The molecule has 0 spiro atoms. The Hall–Kier alpha value is -2.47. The highest BCUT2D eigenvalue weighted by molar-refractivity contribution is 7.91. The summed E-state index contributed by atoms with van der Waals surface area (Å²) in [6.45, 7) is 0.324. The molecule has 164 valence electrons. The van der Waals surface area contributed by atoms with Gasteiger partial charge in [-0.3, -0.25) is 4.79 Å². The Balaban J connectivity index is 1.52. The van der Waals surface area contributed by atoms with Crippen LogP contribution in [0.3, 0.4) is 0 Å². The molecule has 0 bridgehead atoms. The van der Waals surface area contributed by atoms with Crippen LogP contribution >= 0.6 is 22.7 Å². The number of thiophene rings is 1. The summed E-state index contributed by atoms with van der Waals surface area (Å²) in [6, 6.07) is 7.90. The molecule has 0 radical (unpaired) electrons. The van der Waals surface area contributed by atoms with Crippen LogP contribution in [0.4, 0.5) is 5.13 Å². The number of benzene rings is 1. The average molecular weight is 480 g/mol. The third-order valence-corrected chi connectivity index (χ3v) is 9.02. The second-order valence-electron chi connectivity index (χ2n) is 6.80. The molecule has 1 unspecified atom stereocenters. The minimum atomic E-state index is -3.69. The molecule has 1 aliphatic rings. The molecule has 1 fully saturated rings. The fraction of sp³-hybridized carbons (Fsp3) is 0.300. The van der Waals surface area contributed by atoms with Crippen molar-refractivity contribution >= 4 is 43.7 Å². The molecule has 4 rings (SSSR count). The van der Waals surface area contributed by atoms with Crippen LogP contribution in [0.15, 0.2) is 45.3 Å². The first-order valence-electron chi connectivity index (χ1n) is 9.48. The fourth-order valence-electron chi connectivity index (χ4n) is 3.47. The largest absolute Gasteiger partial charge is 0.497 e. The number of thiazole rings is 1. The number of anilines is 1. The molecule has 1 amide bonds. The molecular weight excluding hydrogens is 458 g/mol. The van der Waals surface area contributed by atoms with Gasteiger partial charge in [0.15, 0.2) is 5.13 Å². The molecule has 1 aliphatic heterocycles. The van der Waals surface area contributed by atoms with E-state index in [1.165, 1.54) is 15.6 Å². The highest BCUT2D eigenvalue weighted by Crippen LogP contribution is 2.35. The lowest BCUT2D eigenvalue weighted by Gasteiger charge is -2.22. The zero-order chi connectivity index (χ0) is 22.0. The molecule has 3 aromatic rings. The fourth-order valence-corrected chi connectivity index (χ4v) is 6.96. The number of nitrogens with one attached hydrogen (secondary N) is 1. The molecular formula is C20H21N3O5S3. The number of ether oxygens (including phenoxy) is 2. The first-order valence-corrected chi connectivity index (χ1v) is 12.7. The Morgan fingerprint density at radius 2 is 2.06 bits per heavy atom. The summed E-state index contributed by atoms with van der Waals surface area (Å²) in [5.74, 6) is 0.893. The van der Waals surface area contributed by atoms with Crippen molar-refractivity contribution in [2.24, 2.45) is 0 Å². The van der Waals surface area contributed by atoms with Crippen molar-refractivity contribution < 1.29 is 22.7 Å². The van der Waals surface area contributed by atoms with Gasteiger partial charge in [-0.1, -0.05) is 6.07 Å². The maximum Gasteiger partial charge on any atom is 0.253 e. The summed E-state index contributed by atoms with van der Waals surface area (Å²) in [7, 11) is -0.545. The maximum atomic E-state index is 12.9. The average Bonchev–Trinajstić information content (AvgIpc) is 3.54. The van der Waals surface area contributed by atoms with E-state index in [0.717, 1.165) is 16.9 Å². The van der Waals surface area contributed by atoms with Crippen LogP contribution in [-0.4, -0.2) is 50.4 Å². The van der Waals surface area contributed by atoms with Crippen LogP contribution in [0.25, 0.3) is 11.3 Å². The molecule has 8 nitrogen and oxygen atoms in total. The van der Waals surface area contributed by atoms with E-state index in [1.807, 2.05) is 11.4 Å². The standard InChI is InChI=1S/C20H21N3O5S3/c1-27-13-7-8-14(17(11-13)28-2)15-12-30-20(21-15)22-19(24)16-5-3-9-23(16)31(25,26)18-6-4-10-29-18/h4,6-8,10-12,16H,3,5,9H2,1-2H3,(H,21,22,24). The van der Waals surface area contributed by atoms with Gasteiger partial charge in [-0.25, -0.2) is 13.4 Å². The van der Waals surface area contributed by atoms with E-state index in [9.17, 15) is 13.2 Å². The van der Waals surface area contributed by atoms with Crippen molar-refractivity contribution in [2.75, 3.05) is 26.1 Å². The summed E-state index contributed by atoms with van der Waals surface area (Å²) in [4.78, 5) is 17.4. The molecule has 3 heterocycles. The highest BCUT2D eigenvalue weighted by Gasteiger charge is 2.40. The number of rotatable bonds is 7. The Labute approximate surface area is 188 Å². The number of amides is 1. The second-order valence-corrected chi connectivity index (χ2v) is 10.7. The predicted molar refractivity (Wildman–Crippen MR) is 121 cm³/mol. The number of hydrogen-bond acceptors (Lipinski definition) is 8. The lowest BCUT2D eigenvalue weighted by atomic mass is 10.1. The van der Waals surface area contributed by atoms with Crippen molar-refractivity contribution in [2.45, 2.75) is 23.1 Å². The predicted octanol–water partition coefficient (Wildman–Crippen LogP) is 3.68. The van der Waals surface area contributed by atoms with Gasteiger partial charge in [-0.15, -0.1) is 22.7 Å². The van der Waals surface area contributed by atoms with Crippen molar-refractivity contribution in [1.29, 1.82) is 0 Å². The van der Waals surface area contributed by atoms with E-state index in [2.05, 4.69) is 10.3 Å². The topological polar surface area (TPSA) is 97.8 Å². The van der Waals surface area contributed by atoms with Gasteiger partial charge in [0.25, 0.3) is 10.0 Å². The molecule has 11 heteroatoms. The van der Waals surface area contributed by atoms with Crippen molar-refractivity contribution in [3.63, 3.8) is 0 Å². The van der Waals surface area contributed by atoms with Gasteiger partial charge in [0.1, 0.15) is 21.8 Å². The van der Waals surface area contributed by atoms with Crippen LogP contribution in [-0.2, 0) is 14.8 Å². The first-order chi connectivity index (χ1) is 14.9. The molecule has 2 aromatic heterocycles. The number of aromatic nitrogens is 1. The molecule has 0 aliphatic carbocycles. The molecule has 0 saturated carbocycles. The summed E-state index contributed by atoms with van der Waals surface area (Å²) in [5, 5.41) is 6.71. The van der Waals surface area contributed by atoms with Crippen molar-refractivity contribution in [3.8, 4) is 22.8 Å². The van der Waals surface area contributed by atoms with Gasteiger partial charge < -0.3 is 14.8 Å². The van der Waals surface area contributed by atoms with Crippen LogP contribution in [0.5, 0.6) is 11.5 Å². The Morgan fingerprint density at radius 1 is 1.23 bits per heavy atom. The summed E-state index contributed by atoms with van der Waals surface area (Å²) in [5.41, 5.74) is 1.41. The minimum absolute atomic E-state index is 0.246. The SMILES string of the molecule is COc1ccc(-c2csc(NC(=O)C3CCCN3S(=O)(=O)c3cccs3)n2)c(OC)c1. The quantitative estimate of drug-likeness (QED) is 0.555. The zero-order valence-corrected chi connectivity index (χ0v) is 19.4. The number of methoxy groups -OCH3 is 2. The summed E-state index contributed by atoms with van der Waals surface area (Å²) in [6.07, 6.45) is 1.11. The van der Waals surface area contributed by atoms with Gasteiger partial charge in [0, 0.05) is 23.6 Å². The van der Waals surface area contributed by atoms with Crippen LogP contribution in [0, 0.1) is 0 Å². The maximum absolute atomic E-state index is 12.9. The third kappa shape index (κ3) is 4.31. The van der Waals surface area contributed by atoms with Crippen molar-refractivity contribution in [3.05, 3.63) is 41.1 Å². The van der Waals surface area contributed by atoms with E-state index < -0.39 is 16.1 Å². The monoisotopic (exact) mass is 479 g/mol. The number of sulfonamides is 1. The molecule has 1 aromatic carbocycles. The zero-order valence-electron chi connectivity index (χ0n) is 16.9. The number of carbonyl (C=O) groups excluding carboxylic acids is 1. The number of carbonyl (C=O) groups is 1. The number of hydrogen-bond donors (Lipinski definition) is 1. The molecule has 31 heavy (non-hydrogen) atoms. The van der Waals surface area contributed by atoms with Gasteiger partial charge in [-0.05, 0) is 36.4 Å². The Bertz CT molecular complexity index is 1170. The minimum Gasteiger partial charge on any atom is -0.497 e. The molecule has 1 atom stereocenters. The molecule has 1 saturated heterocycles. The second kappa shape index (κ2) is 8.95. The van der Waals surface area contributed by atoms with Gasteiger partial charge >= 0.3 is 0 Å². The molecule has 1 N–H and O–H groups in total. The van der Waals surface area contributed by atoms with Gasteiger partial charge in [-0.2, -0.15) is 4.31 Å². The van der Waals surface area contributed by atoms with E-state index in [0.29, 0.717) is 41.7 Å². The van der Waals surface area contributed by atoms with Gasteiger partial charge in [0.2, 0.25) is 5.91 Å². The van der Waals surface area contributed by atoms with Crippen LogP contribution in [0.2, 0.25) is 0 Å². The van der Waals surface area contributed by atoms with Crippen LogP contribution in [0.1, 0.15) is 12.8 Å². The van der Waals surface area contributed by atoms with Crippen molar-refractivity contribution in [1.82, 2.24) is 9.29 Å². The lowest BCUT2D eigenvalue weighted by molar-refractivity contribution is -0.119. The Kier molecular flexibility index (Phi) is 6.28. The van der Waals surface area contributed by atoms with E-state index >= 15 is 0 Å². The van der Waals surface area contributed by atoms with E-state index in [1.54, 1.807) is 43.9 Å². The van der Waals surface area contributed by atoms with Crippen LogP contribution < -0.4 is 14.8 Å². The smallest absolute Gasteiger partial charge is 0.253 e. The normalized spacial score (nSPS) is 16.9. The van der Waals surface area contributed by atoms with Gasteiger partial charge in [0.05, 0.1) is 19.9 Å². The van der Waals surface area contributed by atoms with E-state index in [4.69, 9.17) is 9.47 Å². The lowest BCUT2D eigenvalue weighted by Crippen LogP contribution is -2.42. The summed E-state index contributed by atoms with van der Waals surface area (Å²) < 4.78 is 38.0. The third-order valence-electron chi connectivity index (χ3n) is 4.98. The highest BCUT2D eigenvalue weighted by atomic mass is 32.2. The van der Waals surface area contributed by atoms with E-state index in [-0.39, 0.29) is 10.1 Å². The Morgan fingerprint density at radius 3 is 2.77 bits per heavy atom. The first kappa shape index (κ1) is 21.8. The summed E-state index contributed by atoms with van der Waals surface area (Å²) >= 11 is 2.42. The number of nitrogens with zero attached hydrogens (tertiary/aromatic N) is 2.